The highest BCUT2D eigenvalue weighted by Gasteiger charge is 2.38. The van der Waals surface area contributed by atoms with Gasteiger partial charge in [-0.2, -0.15) is 0 Å². The van der Waals surface area contributed by atoms with Gasteiger partial charge in [-0.3, -0.25) is 4.79 Å². The first-order valence-electron chi connectivity index (χ1n) is 8.56. The first-order valence-corrected chi connectivity index (χ1v) is 10.9. The summed E-state index contributed by atoms with van der Waals surface area (Å²) in [5, 5.41) is 1.07. The Balaban J connectivity index is 1.60. The largest absolute Gasteiger partial charge is 0.335 e. The van der Waals surface area contributed by atoms with E-state index in [1.807, 2.05) is 18.2 Å². The molecule has 0 atom stereocenters. The molecule has 0 radical (unpaired) electrons. The van der Waals surface area contributed by atoms with Crippen molar-refractivity contribution in [2.75, 3.05) is 11.4 Å². The second-order valence-corrected chi connectivity index (χ2v) is 9.01. The number of allylic oxidation sites excluding steroid dienone is 5. The molecule has 0 amide bonds. The molecule has 2 heterocycles. The van der Waals surface area contributed by atoms with Crippen LogP contribution in [0.3, 0.4) is 0 Å². The zero-order chi connectivity index (χ0) is 19.0. The van der Waals surface area contributed by atoms with Crippen molar-refractivity contribution in [3.05, 3.63) is 88.3 Å². The zero-order valence-corrected chi connectivity index (χ0v) is 16.3. The van der Waals surface area contributed by atoms with Gasteiger partial charge in [-0.05, 0) is 43.3 Å². The Labute approximate surface area is 162 Å². The lowest BCUT2D eigenvalue weighted by atomic mass is 10.1. The average molecular weight is 396 g/mol. The number of ketones is 1. The molecule has 136 valence electrons. The Hall–Kier alpha value is -2.57. The van der Waals surface area contributed by atoms with Gasteiger partial charge >= 0.3 is 0 Å². The van der Waals surface area contributed by atoms with Crippen molar-refractivity contribution in [3.63, 3.8) is 0 Å². The average Bonchev–Trinajstić information content (AvgIpc) is 3.12. The van der Waals surface area contributed by atoms with Crippen molar-refractivity contribution in [2.45, 2.75) is 16.7 Å². The van der Waals surface area contributed by atoms with Crippen LogP contribution in [0.4, 0.5) is 5.69 Å². The summed E-state index contributed by atoms with van der Waals surface area (Å²) >= 11 is 1.67. The molecule has 0 saturated heterocycles. The lowest BCUT2D eigenvalue weighted by molar-refractivity contribution is 0.104. The fourth-order valence-corrected chi connectivity index (χ4v) is 5.91. The van der Waals surface area contributed by atoms with Gasteiger partial charge in [-0.15, -0.1) is 0 Å². The van der Waals surface area contributed by atoms with Crippen LogP contribution in [0.5, 0.6) is 0 Å². The van der Waals surface area contributed by atoms with E-state index in [1.165, 1.54) is 22.7 Å². The maximum Gasteiger partial charge on any atom is 0.211 e. The topological polar surface area (TPSA) is 54.5 Å². The number of hydrogen-bond acceptors (Lipinski definition) is 5. The van der Waals surface area contributed by atoms with Crippen molar-refractivity contribution >= 4 is 33.1 Å². The number of Topliss-reactive ketones (excluding diaryl/α,β-unsaturated/α-hetero) is 1. The summed E-state index contributed by atoms with van der Waals surface area (Å²) in [7, 11) is -3.73. The lowest BCUT2D eigenvalue weighted by Gasteiger charge is -2.17. The molecule has 0 saturated carbocycles. The number of nitrogens with zero attached hydrogens (tertiary/aromatic N) is 1. The van der Waals surface area contributed by atoms with Crippen LogP contribution in [0.15, 0.2) is 92.6 Å². The first kappa shape index (κ1) is 17.8. The van der Waals surface area contributed by atoms with Crippen LogP contribution in [-0.4, -0.2) is 20.7 Å². The molecule has 0 aliphatic carbocycles. The smallest absolute Gasteiger partial charge is 0.211 e. The van der Waals surface area contributed by atoms with E-state index in [0.29, 0.717) is 0 Å². The van der Waals surface area contributed by atoms with E-state index in [4.69, 9.17) is 0 Å². The van der Waals surface area contributed by atoms with Crippen LogP contribution in [0, 0.1) is 0 Å². The molecular formula is C21H17NO3S2. The van der Waals surface area contributed by atoms with Gasteiger partial charge in [-0.1, -0.05) is 48.2 Å². The van der Waals surface area contributed by atoms with Crippen LogP contribution >= 0.6 is 11.8 Å². The Morgan fingerprint density at radius 2 is 1.70 bits per heavy atom. The van der Waals surface area contributed by atoms with E-state index in [-0.39, 0.29) is 15.4 Å². The van der Waals surface area contributed by atoms with E-state index < -0.39 is 15.6 Å². The van der Waals surface area contributed by atoms with E-state index in [9.17, 15) is 13.2 Å². The van der Waals surface area contributed by atoms with E-state index >= 15 is 0 Å². The summed E-state index contributed by atoms with van der Waals surface area (Å²) in [5.41, 5.74) is 1.42. The molecule has 0 bridgehead atoms. The molecular weight excluding hydrogens is 378 g/mol. The van der Waals surface area contributed by atoms with Gasteiger partial charge in [0.25, 0.3) is 0 Å². The Morgan fingerprint density at radius 3 is 2.48 bits per heavy atom. The van der Waals surface area contributed by atoms with Crippen LogP contribution in [0.1, 0.15) is 17.3 Å². The Morgan fingerprint density at radius 1 is 1.00 bits per heavy atom. The summed E-state index contributed by atoms with van der Waals surface area (Å²) in [6.45, 7) is 2.93. The third-order valence-electron chi connectivity index (χ3n) is 4.48. The number of anilines is 1. The molecule has 2 aliphatic rings. The highest BCUT2D eigenvalue weighted by molar-refractivity contribution is 8.03. The number of sulfone groups is 1. The minimum atomic E-state index is -3.73. The minimum absolute atomic E-state index is 0.0898. The van der Waals surface area contributed by atoms with Gasteiger partial charge in [0.1, 0.15) is 4.91 Å². The predicted octanol–water partition coefficient (Wildman–Crippen LogP) is 4.57. The number of hydrogen-bond donors (Lipinski definition) is 0. The number of para-hydroxylation sites is 1. The quantitative estimate of drug-likeness (QED) is 0.713. The molecule has 2 aromatic rings. The van der Waals surface area contributed by atoms with Crippen LogP contribution in [0.2, 0.25) is 0 Å². The zero-order valence-electron chi connectivity index (χ0n) is 14.6. The van der Waals surface area contributed by atoms with Gasteiger partial charge in [-0.25, -0.2) is 8.42 Å². The van der Waals surface area contributed by atoms with Crippen LogP contribution < -0.4 is 4.90 Å². The van der Waals surface area contributed by atoms with Gasteiger partial charge in [0, 0.05) is 17.0 Å². The molecule has 4 rings (SSSR count). The second-order valence-electron chi connectivity index (χ2n) is 6.06. The van der Waals surface area contributed by atoms with Crippen LogP contribution in [0.25, 0.3) is 0 Å². The third kappa shape index (κ3) is 2.95. The molecule has 0 aromatic heterocycles. The molecule has 0 N–H and O–H groups in total. The number of thioether (sulfide) groups is 1. The van der Waals surface area contributed by atoms with Crippen molar-refractivity contribution in [1.82, 2.24) is 0 Å². The van der Waals surface area contributed by atoms with Crippen LogP contribution in [-0.2, 0) is 9.84 Å². The van der Waals surface area contributed by atoms with Gasteiger partial charge in [0.05, 0.1) is 15.6 Å². The van der Waals surface area contributed by atoms with Crippen molar-refractivity contribution in [2.24, 2.45) is 0 Å². The summed E-state index contributed by atoms with van der Waals surface area (Å²) in [6.07, 6.45) is 6.71. The Bertz CT molecular complexity index is 1130. The summed E-state index contributed by atoms with van der Waals surface area (Å²) in [4.78, 5) is 15.7. The number of carbonyl (C=O) groups is 1. The molecule has 6 heteroatoms. The maximum atomic E-state index is 12.5. The molecule has 0 unspecified atom stereocenters. The standard InChI is InChI=1S/C21H17NO3S2/c1-2-22-16-10-4-5-11-17(16)26-20(22)14-8-7-13-19-21(23)15-9-3-6-12-18(15)27(19,24)25/h3-14H,2H2,1H3/b8-7+,19-13-,20-14+. The normalized spacial score (nSPS) is 20.6. The number of fused-ring (bicyclic) bond motifs is 2. The van der Waals surface area contributed by atoms with Gasteiger partial charge in [0.2, 0.25) is 15.6 Å². The van der Waals surface area contributed by atoms with E-state index in [1.54, 1.807) is 42.1 Å². The highest BCUT2D eigenvalue weighted by atomic mass is 32.2. The predicted molar refractivity (Wildman–Crippen MR) is 109 cm³/mol. The van der Waals surface area contributed by atoms with Gasteiger partial charge < -0.3 is 4.90 Å². The summed E-state index contributed by atoms with van der Waals surface area (Å²) in [5.74, 6) is -0.444. The molecule has 2 aromatic carbocycles. The maximum absolute atomic E-state index is 12.5. The SMILES string of the molecule is CCN1\C(=C/C=C/C=C2/C(=O)c3ccccc3S2(=O)=O)Sc2ccccc21. The molecule has 0 fully saturated rings. The monoisotopic (exact) mass is 395 g/mol. The lowest BCUT2D eigenvalue weighted by Crippen LogP contribution is -2.16. The second kappa shape index (κ2) is 6.87. The summed E-state index contributed by atoms with van der Waals surface area (Å²) < 4.78 is 25.1. The third-order valence-corrected chi connectivity index (χ3v) is 7.45. The number of carbonyl (C=O) groups excluding carboxylic acids is 1. The number of benzene rings is 2. The fourth-order valence-electron chi connectivity index (χ4n) is 3.21. The Kier molecular flexibility index (Phi) is 4.53. The highest BCUT2D eigenvalue weighted by Crippen LogP contribution is 2.45. The van der Waals surface area contributed by atoms with E-state index in [0.717, 1.165) is 11.6 Å². The molecule has 27 heavy (non-hydrogen) atoms. The van der Waals surface area contributed by atoms with Crippen molar-refractivity contribution in [3.8, 4) is 0 Å². The first-order chi connectivity index (χ1) is 13.0. The van der Waals surface area contributed by atoms with Gasteiger partial charge in [0.15, 0.2) is 0 Å². The van der Waals surface area contributed by atoms with Crippen molar-refractivity contribution in [1.29, 1.82) is 0 Å². The minimum Gasteiger partial charge on any atom is -0.335 e. The molecule has 0 spiro atoms. The molecule has 2 aliphatic heterocycles. The number of rotatable bonds is 3. The molecule has 4 nitrogen and oxygen atoms in total. The van der Waals surface area contributed by atoms with E-state index in [2.05, 4.69) is 24.0 Å². The fraction of sp³-hybridized carbons (Fsp3) is 0.0952. The summed E-state index contributed by atoms with van der Waals surface area (Å²) in [6, 6.07) is 14.5. The van der Waals surface area contributed by atoms with Crippen molar-refractivity contribution < 1.29 is 13.2 Å².